The maximum atomic E-state index is 11.4. The normalized spacial score (nSPS) is 14.5. The molecule has 0 aliphatic carbocycles. The summed E-state index contributed by atoms with van der Waals surface area (Å²) >= 11 is 0. The van der Waals surface area contributed by atoms with E-state index < -0.39 is 7.60 Å². The Morgan fingerprint density at radius 2 is 1.26 bits per heavy atom. The van der Waals surface area contributed by atoms with E-state index in [1.54, 1.807) is 0 Å². The maximum Gasteiger partial charge on any atom is 0.328 e. The third-order valence-electron chi connectivity index (χ3n) is 3.30. The zero-order valence-electron chi connectivity index (χ0n) is 12.9. The highest BCUT2D eigenvalue weighted by atomic mass is 31.2. The molecule has 0 rings (SSSR count). The molecule has 1 atom stereocenters. The molecule has 4 heteroatoms. The molecule has 0 radical (unpaired) electrons. The van der Waals surface area contributed by atoms with Crippen molar-refractivity contribution in [2.24, 2.45) is 0 Å². The molecule has 3 nitrogen and oxygen atoms in total. The van der Waals surface area contributed by atoms with E-state index in [2.05, 4.69) is 6.92 Å². The van der Waals surface area contributed by atoms with Gasteiger partial charge in [0.1, 0.15) is 0 Å². The van der Waals surface area contributed by atoms with Crippen LogP contribution in [0.4, 0.5) is 0 Å². The molecular weight excluding hydrogens is 259 g/mol. The van der Waals surface area contributed by atoms with Gasteiger partial charge in [0, 0.05) is 6.16 Å². The third kappa shape index (κ3) is 14.4. The SMILES string of the molecule is CCCCCCCCCCCCOP(=O)(O)CCC. The topological polar surface area (TPSA) is 46.5 Å². The zero-order chi connectivity index (χ0) is 14.4. The van der Waals surface area contributed by atoms with Crippen LogP contribution < -0.4 is 0 Å². The molecular formula is C15H33O3P. The van der Waals surface area contributed by atoms with Gasteiger partial charge in [-0.1, -0.05) is 71.6 Å². The average molecular weight is 292 g/mol. The van der Waals surface area contributed by atoms with E-state index in [4.69, 9.17) is 4.52 Å². The minimum absolute atomic E-state index is 0.282. The number of rotatable bonds is 14. The van der Waals surface area contributed by atoms with Crippen LogP contribution in [-0.2, 0) is 9.09 Å². The third-order valence-corrected chi connectivity index (χ3v) is 4.90. The highest BCUT2D eigenvalue weighted by Crippen LogP contribution is 2.42. The molecule has 0 saturated carbocycles. The molecule has 0 bridgehead atoms. The number of hydrogen-bond acceptors (Lipinski definition) is 2. The molecule has 19 heavy (non-hydrogen) atoms. The second-order valence-corrected chi connectivity index (χ2v) is 7.36. The van der Waals surface area contributed by atoms with Gasteiger partial charge in [-0.25, -0.2) is 0 Å². The van der Waals surface area contributed by atoms with Crippen molar-refractivity contribution in [3.05, 3.63) is 0 Å². The second kappa shape index (κ2) is 13.1. The van der Waals surface area contributed by atoms with Crippen LogP contribution >= 0.6 is 7.60 Å². The molecule has 1 unspecified atom stereocenters. The first-order chi connectivity index (χ1) is 9.12. The summed E-state index contributed by atoms with van der Waals surface area (Å²) in [4.78, 5) is 9.39. The zero-order valence-corrected chi connectivity index (χ0v) is 13.8. The summed E-state index contributed by atoms with van der Waals surface area (Å²) in [5, 5.41) is 0. The van der Waals surface area contributed by atoms with E-state index in [0.29, 0.717) is 13.0 Å². The fourth-order valence-electron chi connectivity index (χ4n) is 2.14. The Kier molecular flexibility index (Phi) is 13.3. The highest BCUT2D eigenvalue weighted by molar-refractivity contribution is 7.52. The molecule has 0 fully saturated rings. The first-order valence-electron chi connectivity index (χ1n) is 8.08. The fourth-order valence-corrected chi connectivity index (χ4v) is 3.25. The van der Waals surface area contributed by atoms with Crippen molar-refractivity contribution in [3.63, 3.8) is 0 Å². The van der Waals surface area contributed by atoms with Crippen molar-refractivity contribution in [1.82, 2.24) is 0 Å². The predicted molar refractivity (Wildman–Crippen MR) is 82.8 cm³/mol. The standard InChI is InChI=1S/C15H33O3P/c1-3-5-6-7-8-9-10-11-12-13-14-18-19(16,17)15-4-2/h3-15H2,1-2H3,(H,16,17). The molecule has 0 aliphatic heterocycles. The molecule has 1 N–H and O–H groups in total. The predicted octanol–water partition coefficient (Wildman–Crippen LogP) is 5.52. The molecule has 0 amide bonds. The summed E-state index contributed by atoms with van der Waals surface area (Å²) < 4.78 is 16.5. The lowest BCUT2D eigenvalue weighted by atomic mass is 10.1. The quantitative estimate of drug-likeness (QED) is 0.339. The summed E-state index contributed by atoms with van der Waals surface area (Å²) in [5.74, 6) is 0. The van der Waals surface area contributed by atoms with E-state index in [1.807, 2.05) is 6.92 Å². The maximum absolute atomic E-state index is 11.4. The van der Waals surface area contributed by atoms with Gasteiger partial charge in [-0.05, 0) is 12.8 Å². The summed E-state index contributed by atoms with van der Waals surface area (Å²) in [5.41, 5.74) is 0. The minimum atomic E-state index is -3.27. The molecule has 0 saturated heterocycles. The van der Waals surface area contributed by atoms with Crippen molar-refractivity contribution in [1.29, 1.82) is 0 Å². The van der Waals surface area contributed by atoms with E-state index >= 15 is 0 Å². The Balaban J connectivity index is 3.17. The van der Waals surface area contributed by atoms with E-state index in [-0.39, 0.29) is 6.16 Å². The molecule has 0 heterocycles. The number of hydrogen-bond donors (Lipinski definition) is 1. The van der Waals surface area contributed by atoms with Gasteiger partial charge in [0.2, 0.25) is 0 Å². The van der Waals surface area contributed by atoms with Gasteiger partial charge in [-0.15, -0.1) is 0 Å². The molecule has 0 spiro atoms. The minimum Gasteiger partial charge on any atom is -0.324 e. The monoisotopic (exact) mass is 292 g/mol. The highest BCUT2D eigenvalue weighted by Gasteiger charge is 2.16. The first kappa shape index (κ1) is 19.1. The molecule has 0 aliphatic rings. The smallest absolute Gasteiger partial charge is 0.324 e. The van der Waals surface area contributed by atoms with Gasteiger partial charge < -0.3 is 9.42 Å². The first-order valence-corrected chi connectivity index (χ1v) is 9.85. The van der Waals surface area contributed by atoms with E-state index in [9.17, 15) is 9.46 Å². The van der Waals surface area contributed by atoms with Crippen LogP contribution in [0.15, 0.2) is 0 Å². The lowest BCUT2D eigenvalue weighted by Gasteiger charge is -2.10. The van der Waals surface area contributed by atoms with Crippen LogP contribution in [0, 0.1) is 0 Å². The van der Waals surface area contributed by atoms with Gasteiger partial charge in [0.15, 0.2) is 0 Å². The van der Waals surface area contributed by atoms with Crippen molar-refractivity contribution < 1.29 is 14.0 Å². The Morgan fingerprint density at radius 1 is 0.789 bits per heavy atom. The summed E-state index contributed by atoms with van der Waals surface area (Å²) in [6.45, 7) is 4.57. The Morgan fingerprint density at radius 3 is 1.74 bits per heavy atom. The van der Waals surface area contributed by atoms with Crippen molar-refractivity contribution >= 4 is 7.60 Å². The van der Waals surface area contributed by atoms with Crippen LogP contribution in [0.5, 0.6) is 0 Å². The summed E-state index contributed by atoms with van der Waals surface area (Å²) in [6, 6.07) is 0. The van der Waals surface area contributed by atoms with Crippen LogP contribution in [0.2, 0.25) is 0 Å². The average Bonchev–Trinajstić information content (AvgIpc) is 2.36. The van der Waals surface area contributed by atoms with Crippen LogP contribution in [-0.4, -0.2) is 17.7 Å². The fraction of sp³-hybridized carbons (Fsp3) is 1.00. The lowest BCUT2D eigenvalue weighted by molar-refractivity contribution is 0.252. The Hall–Kier alpha value is 0.150. The Labute approximate surface area is 119 Å². The van der Waals surface area contributed by atoms with Crippen molar-refractivity contribution in [2.45, 2.75) is 84.5 Å². The van der Waals surface area contributed by atoms with Crippen LogP contribution in [0.25, 0.3) is 0 Å². The van der Waals surface area contributed by atoms with Gasteiger partial charge in [-0.2, -0.15) is 0 Å². The molecule has 0 aromatic rings. The lowest BCUT2D eigenvalue weighted by Crippen LogP contribution is -1.96. The number of unbranched alkanes of at least 4 members (excludes halogenated alkanes) is 9. The van der Waals surface area contributed by atoms with Gasteiger partial charge in [-0.3, -0.25) is 4.57 Å². The Bertz CT molecular complexity index is 231. The second-order valence-electron chi connectivity index (χ2n) is 5.38. The summed E-state index contributed by atoms with van der Waals surface area (Å²) in [6.07, 6.45) is 13.6. The van der Waals surface area contributed by atoms with Crippen molar-refractivity contribution in [3.8, 4) is 0 Å². The van der Waals surface area contributed by atoms with Crippen LogP contribution in [0.1, 0.15) is 84.5 Å². The van der Waals surface area contributed by atoms with Gasteiger partial charge >= 0.3 is 7.60 Å². The largest absolute Gasteiger partial charge is 0.328 e. The van der Waals surface area contributed by atoms with Gasteiger partial charge in [0.05, 0.1) is 6.61 Å². The molecule has 0 aromatic heterocycles. The summed E-state index contributed by atoms with van der Waals surface area (Å²) in [7, 11) is -3.27. The van der Waals surface area contributed by atoms with E-state index in [1.165, 1.54) is 51.4 Å². The van der Waals surface area contributed by atoms with Crippen molar-refractivity contribution in [2.75, 3.05) is 12.8 Å². The molecule has 0 aromatic carbocycles. The van der Waals surface area contributed by atoms with Crippen LogP contribution in [0.3, 0.4) is 0 Å². The van der Waals surface area contributed by atoms with E-state index in [0.717, 1.165) is 12.8 Å². The molecule has 116 valence electrons. The van der Waals surface area contributed by atoms with Gasteiger partial charge in [0.25, 0.3) is 0 Å².